The summed E-state index contributed by atoms with van der Waals surface area (Å²) in [6.07, 6.45) is 20.7. The zero-order valence-electron chi connectivity index (χ0n) is 16.7. The van der Waals surface area contributed by atoms with Crippen molar-refractivity contribution >= 4 is 5.78 Å². The van der Waals surface area contributed by atoms with Gasteiger partial charge in [-0.1, -0.05) is 104 Å². The van der Waals surface area contributed by atoms with Gasteiger partial charge in [0, 0.05) is 12.8 Å². The minimum Gasteiger partial charge on any atom is -0.393 e. The van der Waals surface area contributed by atoms with Gasteiger partial charge in [-0.25, -0.2) is 0 Å². The molecule has 24 heavy (non-hydrogen) atoms. The van der Waals surface area contributed by atoms with E-state index in [-0.39, 0.29) is 5.78 Å². The number of Topliss-reactive ketones (excluding diaryl/α,β-unsaturated/α-hetero) is 1. The average molecular weight is 341 g/mol. The number of aliphatic hydroxyl groups excluding tert-OH is 1. The number of hydrogen-bond acceptors (Lipinski definition) is 2. The largest absolute Gasteiger partial charge is 0.393 e. The first-order chi connectivity index (χ1) is 11.7. The fourth-order valence-electron chi connectivity index (χ4n) is 3.26. The molecule has 0 aliphatic rings. The van der Waals surface area contributed by atoms with Gasteiger partial charge in [0.1, 0.15) is 5.78 Å². The lowest BCUT2D eigenvalue weighted by molar-refractivity contribution is -0.121. The summed E-state index contributed by atoms with van der Waals surface area (Å²) in [7, 11) is 0. The number of hydrogen-bond donors (Lipinski definition) is 1. The van der Waals surface area contributed by atoms with Gasteiger partial charge in [-0.15, -0.1) is 0 Å². The smallest absolute Gasteiger partial charge is 0.135 e. The lowest BCUT2D eigenvalue weighted by atomic mass is 10.0. The summed E-state index contributed by atoms with van der Waals surface area (Å²) >= 11 is 0. The van der Waals surface area contributed by atoms with E-state index in [1.54, 1.807) is 0 Å². The molecule has 2 nitrogen and oxygen atoms in total. The van der Waals surface area contributed by atoms with Crippen LogP contribution in [0.3, 0.4) is 0 Å². The van der Waals surface area contributed by atoms with E-state index in [1.165, 1.54) is 77.0 Å². The van der Waals surface area contributed by atoms with Crippen molar-refractivity contribution in [2.75, 3.05) is 0 Å². The maximum absolute atomic E-state index is 11.8. The highest BCUT2D eigenvalue weighted by atomic mass is 16.3. The molecule has 0 radical (unpaired) electrons. The molecule has 0 fully saturated rings. The second-order valence-corrected chi connectivity index (χ2v) is 7.53. The summed E-state index contributed by atoms with van der Waals surface area (Å²) in [4.78, 5) is 11.8. The van der Waals surface area contributed by atoms with Gasteiger partial charge in [-0.05, 0) is 12.8 Å². The van der Waals surface area contributed by atoms with Crippen molar-refractivity contribution in [1.29, 1.82) is 0 Å². The Hall–Kier alpha value is -0.370. The number of unbranched alkanes of at least 4 members (excludes halogenated alkanes) is 13. The molecule has 0 aliphatic carbocycles. The summed E-state index contributed by atoms with van der Waals surface area (Å²) < 4.78 is 0. The highest BCUT2D eigenvalue weighted by Gasteiger charge is 2.10. The van der Waals surface area contributed by atoms with E-state index >= 15 is 0 Å². The Morgan fingerprint density at radius 2 is 1.08 bits per heavy atom. The molecular weight excluding hydrogens is 296 g/mol. The molecule has 0 saturated carbocycles. The van der Waals surface area contributed by atoms with Crippen LogP contribution >= 0.6 is 0 Å². The molecule has 144 valence electrons. The molecule has 0 aliphatic heterocycles. The molecule has 1 N–H and O–H groups in total. The lowest BCUT2D eigenvalue weighted by Gasteiger charge is -2.09. The standard InChI is InChI=1S/C22H44O2/c1-3-5-7-8-9-10-11-12-13-14-15-17-19-22(24)20-21(23)18-16-6-4-2/h21,23H,3-20H2,1-2H3. The monoisotopic (exact) mass is 340 g/mol. The maximum atomic E-state index is 11.8. The summed E-state index contributed by atoms with van der Waals surface area (Å²) in [6, 6.07) is 0. The van der Waals surface area contributed by atoms with Crippen molar-refractivity contribution in [2.45, 2.75) is 136 Å². The summed E-state index contributed by atoms with van der Waals surface area (Å²) in [5.74, 6) is 0.256. The van der Waals surface area contributed by atoms with Crippen molar-refractivity contribution in [3.63, 3.8) is 0 Å². The molecule has 0 aromatic carbocycles. The van der Waals surface area contributed by atoms with E-state index in [4.69, 9.17) is 0 Å². The third-order valence-corrected chi connectivity index (χ3v) is 4.91. The second-order valence-electron chi connectivity index (χ2n) is 7.53. The van der Waals surface area contributed by atoms with Crippen molar-refractivity contribution in [3.05, 3.63) is 0 Å². The predicted molar refractivity (Wildman–Crippen MR) is 105 cm³/mol. The van der Waals surface area contributed by atoms with Crippen molar-refractivity contribution < 1.29 is 9.90 Å². The number of carbonyl (C=O) groups is 1. The minimum atomic E-state index is -0.402. The second kappa shape index (κ2) is 19.0. The number of ketones is 1. The molecule has 2 heteroatoms. The molecule has 1 atom stereocenters. The fraction of sp³-hybridized carbons (Fsp3) is 0.955. The normalized spacial score (nSPS) is 12.5. The van der Waals surface area contributed by atoms with Crippen LogP contribution in [0.2, 0.25) is 0 Å². The Morgan fingerprint density at radius 3 is 1.58 bits per heavy atom. The van der Waals surface area contributed by atoms with E-state index in [0.29, 0.717) is 12.8 Å². The first-order valence-electron chi connectivity index (χ1n) is 10.9. The van der Waals surface area contributed by atoms with Crippen molar-refractivity contribution in [2.24, 2.45) is 0 Å². The van der Waals surface area contributed by atoms with Crippen LogP contribution in [0, 0.1) is 0 Å². The van der Waals surface area contributed by atoms with E-state index in [9.17, 15) is 9.90 Å². The third-order valence-electron chi connectivity index (χ3n) is 4.91. The van der Waals surface area contributed by atoms with Gasteiger partial charge < -0.3 is 5.11 Å². The third kappa shape index (κ3) is 18.0. The van der Waals surface area contributed by atoms with Gasteiger partial charge in [-0.3, -0.25) is 4.79 Å². The Labute approximate surface area is 151 Å². The highest BCUT2D eigenvalue weighted by molar-refractivity contribution is 5.78. The van der Waals surface area contributed by atoms with Gasteiger partial charge in [0.05, 0.1) is 6.10 Å². The zero-order chi connectivity index (χ0) is 17.9. The summed E-state index contributed by atoms with van der Waals surface area (Å²) in [5, 5.41) is 9.82. The van der Waals surface area contributed by atoms with Crippen LogP contribution in [0.15, 0.2) is 0 Å². The molecule has 0 bridgehead atoms. The van der Waals surface area contributed by atoms with Gasteiger partial charge in [-0.2, -0.15) is 0 Å². The van der Waals surface area contributed by atoms with Gasteiger partial charge in [0.25, 0.3) is 0 Å². The van der Waals surface area contributed by atoms with Crippen molar-refractivity contribution in [3.8, 4) is 0 Å². The topological polar surface area (TPSA) is 37.3 Å². The first kappa shape index (κ1) is 23.6. The fourth-order valence-corrected chi connectivity index (χ4v) is 3.26. The Kier molecular flexibility index (Phi) is 18.7. The highest BCUT2D eigenvalue weighted by Crippen LogP contribution is 2.13. The van der Waals surface area contributed by atoms with Gasteiger partial charge in [0.15, 0.2) is 0 Å². The van der Waals surface area contributed by atoms with Gasteiger partial charge >= 0.3 is 0 Å². The molecule has 0 saturated heterocycles. The average Bonchev–Trinajstić information content (AvgIpc) is 2.56. The van der Waals surface area contributed by atoms with E-state index in [1.807, 2.05) is 0 Å². The molecule has 0 spiro atoms. The molecular formula is C22H44O2. The van der Waals surface area contributed by atoms with Crippen LogP contribution in [-0.2, 0) is 4.79 Å². The lowest BCUT2D eigenvalue weighted by Crippen LogP contribution is -2.13. The zero-order valence-corrected chi connectivity index (χ0v) is 16.7. The first-order valence-corrected chi connectivity index (χ1v) is 10.9. The summed E-state index contributed by atoms with van der Waals surface area (Å²) in [6.45, 7) is 4.43. The van der Waals surface area contributed by atoms with Gasteiger partial charge in [0.2, 0.25) is 0 Å². The summed E-state index contributed by atoms with van der Waals surface area (Å²) in [5.41, 5.74) is 0. The Morgan fingerprint density at radius 1 is 0.667 bits per heavy atom. The van der Waals surface area contributed by atoms with E-state index in [0.717, 1.165) is 25.7 Å². The van der Waals surface area contributed by atoms with Crippen LogP contribution in [0.4, 0.5) is 0 Å². The number of aliphatic hydroxyl groups is 1. The van der Waals surface area contributed by atoms with Crippen LogP contribution < -0.4 is 0 Å². The van der Waals surface area contributed by atoms with Crippen LogP contribution in [0.5, 0.6) is 0 Å². The maximum Gasteiger partial charge on any atom is 0.135 e. The Balaban J connectivity index is 3.24. The van der Waals surface area contributed by atoms with Crippen LogP contribution in [-0.4, -0.2) is 17.0 Å². The SMILES string of the molecule is CCCCCCCCCCCCCCC(=O)CC(O)CCCCC. The molecule has 1 unspecified atom stereocenters. The molecule has 0 amide bonds. The Bertz CT molecular complexity index is 263. The predicted octanol–water partition coefficient (Wildman–Crippen LogP) is 6.98. The molecule has 0 heterocycles. The van der Waals surface area contributed by atoms with Crippen LogP contribution in [0.25, 0.3) is 0 Å². The van der Waals surface area contributed by atoms with Crippen LogP contribution in [0.1, 0.15) is 129 Å². The number of carbonyl (C=O) groups excluding carboxylic acids is 1. The molecule has 0 aromatic rings. The quantitative estimate of drug-likeness (QED) is 0.258. The van der Waals surface area contributed by atoms with Crippen molar-refractivity contribution in [1.82, 2.24) is 0 Å². The minimum absolute atomic E-state index is 0.256. The van der Waals surface area contributed by atoms with E-state index in [2.05, 4.69) is 13.8 Å². The molecule has 0 rings (SSSR count). The molecule has 0 aromatic heterocycles. The van der Waals surface area contributed by atoms with E-state index < -0.39 is 6.10 Å². The number of rotatable bonds is 19.